The Bertz CT molecular complexity index is 1080. The summed E-state index contributed by atoms with van der Waals surface area (Å²) in [7, 11) is 0. The van der Waals surface area contributed by atoms with Gasteiger partial charge in [0.25, 0.3) is 0 Å². The molecular formula is C22H22N4O. The van der Waals surface area contributed by atoms with Crippen molar-refractivity contribution < 1.29 is 5.11 Å². The molecule has 4 aromatic rings. The van der Waals surface area contributed by atoms with Gasteiger partial charge in [-0.2, -0.15) is 5.10 Å². The van der Waals surface area contributed by atoms with Crippen LogP contribution >= 0.6 is 0 Å². The first-order valence-corrected chi connectivity index (χ1v) is 9.00. The van der Waals surface area contributed by atoms with Gasteiger partial charge in [0.2, 0.25) is 0 Å². The second-order valence-corrected chi connectivity index (χ2v) is 6.88. The zero-order valence-corrected chi connectivity index (χ0v) is 15.4. The maximum Gasteiger partial charge on any atom is 0.162 e. The van der Waals surface area contributed by atoms with E-state index in [1.807, 2.05) is 61.9 Å². The van der Waals surface area contributed by atoms with Crippen molar-refractivity contribution in [2.45, 2.75) is 26.0 Å². The minimum Gasteiger partial charge on any atom is -0.389 e. The van der Waals surface area contributed by atoms with Crippen LogP contribution < -0.4 is 5.73 Å². The molecule has 4 rings (SSSR count). The Labute approximate surface area is 158 Å². The molecule has 0 radical (unpaired) electrons. The number of aliphatic hydroxyl groups is 1. The Balaban J connectivity index is 1.72. The van der Waals surface area contributed by atoms with Gasteiger partial charge in [-0.15, -0.1) is 0 Å². The predicted molar refractivity (Wildman–Crippen MR) is 107 cm³/mol. The molecule has 2 aromatic carbocycles. The van der Waals surface area contributed by atoms with E-state index < -0.39 is 6.10 Å². The molecule has 5 nitrogen and oxygen atoms in total. The normalized spacial score (nSPS) is 13.6. The number of benzene rings is 2. The smallest absolute Gasteiger partial charge is 0.162 e. The third-order valence-corrected chi connectivity index (χ3v) is 4.81. The number of nitrogens with two attached hydrogens (primary N) is 1. The number of nitrogens with zero attached hydrogens (tertiary/aromatic N) is 3. The van der Waals surface area contributed by atoms with E-state index in [1.54, 1.807) is 11.4 Å². The van der Waals surface area contributed by atoms with Crippen molar-refractivity contribution >= 4 is 5.65 Å². The van der Waals surface area contributed by atoms with Crippen molar-refractivity contribution in [1.82, 2.24) is 14.6 Å². The van der Waals surface area contributed by atoms with Gasteiger partial charge in [0.05, 0.1) is 12.3 Å². The summed E-state index contributed by atoms with van der Waals surface area (Å²) in [5, 5.41) is 14.3. The van der Waals surface area contributed by atoms with E-state index in [2.05, 4.69) is 22.2 Å². The molecule has 0 spiro atoms. The highest BCUT2D eigenvalue weighted by Crippen LogP contribution is 2.28. The molecule has 0 amide bonds. The van der Waals surface area contributed by atoms with Gasteiger partial charge >= 0.3 is 0 Å². The summed E-state index contributed by atoms with van der Waals surface area (Å²) in [6.45, 7) is 3.73. The third-order valence-electron chi connectivity index (χ3n) is 4.81. The third kappa shape index (κ3) is 3.35. The van der Waals surface area contributed by atoms with E-state index >= 15 is 0 Å². The van der Waals surface area contributed by atoms with Gasteiger partial charge in [0.15, 0.2) is 5.65 Å². The monoisotopic (exact) mass is 358 g/mol. The molecule has 0 saturated carbocycles. The predicted octanol–water partition coefficient (Wildman–Crippen LogP) is 4.14. The van der Waals surface area contributed by atoms with Crippen LogP contribution in [-0.2, 0) is 0 Å². The highest BCUT2D eigenvalue weighted by molar-refractivity contribution is 5.78. The van der Waals surface area contributed by atoms with Crippen LogP contribution in [0.4, 0.5) is 0 Å². The van der Waals surface area contributed by atoms with E-state index in [9.17, 15) is 5.11 Å². The number of hydrogen-bond acceptors (Lipinski definition) is 4. The number of rotatable bonds is 4. The first kappa shape index (κ1) is 17.4. The zero-order valence-electron chi connectivity index (χ0n) is 15.4. The number of aromatic nitrogens is 3. The molecular weight excluding hydrogens is 336 g/mol. The van der Waals surface area contributed by atoms with E-state index in [4.69, 9.17) is 5.73 Å². The molecule has 2 heterocycles. The molecule has 5 heteroatoms. The van der Waals surface area contributed by atoms with Gasteiger partial charge in [-0.05, 0) is 42.2 Å². The quantitative estimate of drug-likeness (QED) is 0.575. The summed E-state index contributed by atoms with van der Waals surface area (Å²) >= 11 is 0. The molecule has 2 atom stereocenters. The molecule has 0 aliphatic rings. The van der Waals surface area contributed by atoms with Crippen LogP contribution in [0.15, 0.2) is 67.1 Å². The fourth-order valence-corrected chi connectivity index (χ4v) is 3.17. The summed E-state index contributed by atoms with van der Waals surface area (Å²) in [6.07, 6.45) is 5.14. The fourth-order valence-electron chi connectivity index (χ4n) is 3.17. The molecule has 0 fully saturated rings. The topological polar surface area (TPSA) is 76.4 Å². The van der Waals surface area contributed by atoms with Crippen LogP contribution in [0.1, 0.15) is 37.1 Å². The number of aliphatic hydroxyl groups excluding tert-OH is 1. The second-order valence-electron chi connectivity index (χ2n) is 6.88. The molecule has 27 heavy (non-hydrogen) atoms. The molecule has 2 unspecified atom stereocenters. The highest BCUT2D eigenvalue weighted by Gasteiger charge is 2.11. The second kappa shape index (κ2) is 6.95. The number of hydrogen-bond donors (Lipinski definition) is 2. The average molecular weight is 358 g/mol. The van der Waals surface area contributed by atoms with E-state index in [0.717, 1.165) is 39.0 Å². The average Bonchev–Trinajstić information content (AvgIpc) is 3.11. The molecule has 3 N–H and O–H groups in total. The van der Waals surface area contributed by atoms with Crippen LogP contribution in [0.3, 0.4) is 0 Å². The Kier molecular flexibility index (Phi) is 4.48. The lowest BCUT2D eigenvalue weighted by atomic mass is 10.0. The summed E-state index contributed by atoms with van der Waals surface area (Å²) < 4.78 is 1.79. The molecule has 0 bridgehead atoms. The standard InChI is InChI=1S/C22H22N4O/c1-14(23)16-6-8-17(9-7-16)20-11-24-22-21(12-25-26(22)13-20)19-5-3-4-18(10-19)15(2)27/h3-15,27H,23H2,1-2H3. The van der Waals surface area contributed by atoms with Gasteiger partial charge in [0, 0.05) is 29.6 Å². The fraction of sp³-hybridized carbons (Fsp3) is 0.182. The van der Waals surface area contributed by atoms with Gasteiger partial charge in [-0.3, -0.25) is 0 Å². The molecule has 0 saturated heterocycles. The summed E-state index contributed by atoms with van der Waals surface area (Å²) in [5.41, 5.74) is 12.7. The van der Waals surface area contributed by atoms with E-state index in [0.29, 0.717) is 0 Å². The van der Waals surface area contributed by atoms with Gasteiger partial charge < -0.3 is 10.8 Å². The van der Waals surface area contributed by atoms with Gasteiger partial charge in [-0.1, -0.05) is 42.5 Å². The molecule has 0 aliphatic heterocycles. The molecule has 0 aliphatic carbocycles. The van der Waals surface area contributed by atoms with Crippen molar-refractivity contribution in [3.8, 4) is 22.3 Å². The van der Waals surface area contributed by atoms with Crippen molar-refractivity contribution in [1.29, 1.82) is 0 Å². The lowest BCUT2D eigenvalue weighted by Gasteiger charge is -2.08. The van der Waals surface area contributed by atoms with Crippen LogP contribution in [0.5, 0.6) is 0 Å². The lowest BCUT2D eigenvalue weighted by molar-refractivity contribution is 0.199. The van der Waals surface area contributed by atoms with Crippen LogP contribution in [-0.4, -0.2) is 19.7 Å². The highest BCUT2D eigenvalue weighted by atomic mass is 16.3. The number of fused-ring (bicyclic) bond motifs is 1. The van der Waals surface area contributed by atoms with E-state index in [1.165, 1.54) is 0 Å². The van der Waals surface area contributed by atoms with E-state index in [-0.39, 0.29) is 6.04 Å². The Morgan fingerprint density at radius 2 is 1.70 bits per heavy atom. The minimum atomic E-state index is -0.509. The molecule has 2 aromatic heterocycles. The Morgan fingerprint density at radius 1 is 0.926 bits per heavy atom. The zero-order chi connectivity index (χ0) is 19.0. The molecule has 136 valence electrons. The SMILES string of the molecule is CC(N)c1ccc(-c2cnc3c(-c4cccc(C(C)O)c4)cnn3c2)cc1. The Morgan fingerprint density at radius 3 is 2.41 bits per heavy atom. The maximum absolute atomic E-state index is 9.83. The Hall–Kier alpha value is -3.02. The first-order valence-electron chi connectivity index (χ1n) is 9.00. The van der Waals surface area contributed by atoms with Crippen LogP contribution in [0, 0.1) is 0 Å². The summed E-state index contributed by atoms with van der Waals surface area (Å²) in [5.74, 6) is 0. The minimum absolute atomic E-state index is 0.0192. The largest absolute Gasteiger partial charge is 0.389 e. The van der Waals surface area contributed by atoms with Crippen molar-refractivity contribution in [3.63, 3.8) is 0 Å². The lowest BCUT2D eigenvalue weighted by Crippen LogP contribution is -2.04. The summed E-state index contributed by atoms with van der Waals surface area (Å²) in [4.78, 5) is 4.64. The van der Waals surface area contributed by atoms with Gasteiger partial charge in [-0.25, -0.2) is 9.50 Å². The van der Waals surface area contributed by atoms with Crippen LogP contribution in [0.25, 0.3) is 27.9 Å². The van der Waals surface area contributed by atoms with Gasteiger partial charge in [0.1, 0.15) is 0 Å². The van der Waals surface area contributed by atoms with Crippen LogP contribution in [0.2, 0.25) is 0 Å². The first-order chi connectivity index (χ1) is 13.0. The maximum atomic E-state index is 9.83. The van der Waals surface area contributed by atoms with Crippen molar-refractivity contribution in [3.05, 3.63) is 78.2 Å². The summed E-state index contributed by atoms with van der Waals surface area (Å²) in [6, 6.07) is 16.0. The van der Waals surface area contributed by atoms with Crippen molar-refractivity contribution in [2.24, 2.45) is 5.73 Å². The van der Waals surface area contributed by atoms with Crippen molar-refractivity contribution in [2.75, 3.05) is 0 Å².